The quantitative estimate of drug-likeness (QED) is 0.858. The van der Waals surface area contributed by atoms with E-state index in [4.69, 9.17) is 0 Å². The standard InChI is InChI=1S/C16H26BrN3/c1-13(18-2)15-7-6-14(17)12-16(15)19(3)10-11-20-8-4-5-9-20/h6-7,12-13,18H,4-5,8-11H2,1-3H3. The number of rotatable bonds is 6. The molecule has 1 aliphatic rings. The number of hydrogen-bond acceptors (Lipinski definition) is 3. The molecule has 0 spiro atoms. The lowest BCUT2D eigenvalue weighted by molar-refractivity contribution is 0.346. The molecule has 1 aromatic carbocycles. The van der Waals surface area contributed by atoms with Gasteiger partial charge in [0.2, 0.25) is 0 Å². The molecule has 20 heavy (non-hydrogen) atoms. The maximum Gasteiger partial charge on any atom is 0.0423 e. The van der Waals surface area contributed by atoms with Crippen molar-refractivity contribution in [1.29, 1.82) is 0 Å². The van der Waals surface area contributed by atoms with Gasteiger partial charge in [0.05, 0.1) is 0 Å². The van der Waals surface area contributed by atoms with Crippen LogP contribution in [0.15, 0.2) is 22.7 Å². The van der Waals surface area contributed by atoms with Crippen LogP contribution in [0.5, 0.6) is 0 Å². The van der Waals surface area contributed by atoms with Gasteiger partial charge in [0.1, 0.15) is 0 Å². The Kier molecular flexibility index (Phi) is 5.87. The third-order valence-electron chi connectivity index (χ3n) is 4.25. The number of benzene rings is 1. The third kappa shape index (κ3) is 3.96. The monoisotopic (exact) mass is 339 g/mol. The van der Waals surface area contributed by atoms with Gasteiger partial charge in [-0.15, -0.1) is 0 Å². The van der Waals surface area contributed by atoms with Gasteiger partial charge in [0.25, 0.3) is 0 Å². The van der Waals surface area contributed by atoms with Crippen molar-refractivity contribution in [2.24, 2.45) is 0 Å². The minimum absolute atomic E-state index is 0.368. The topological polar surface area (TPSA) is 18.5 Å². The van der Waals surface area contributed by atoms with E-state index >= 15 is 0 Å². The minimum Gasteiger partial charge on any atom is -0.373 e. The highest BCUT2D eigenvalue weighted by Gasteiger charge is 2.15. The van der Waals surface area contributed by atoms with Crippen LogP contribution < -0.4 is 10.2 Å². The molecule has 3 nitrogen and oxygen atoms in total. The summed E-state index contributed by atoms with van der Waals surface area (Å²) in [6, 6.07) is 6.94. The first kappa shape index (κ1) is 15.8. The number of likely N-dealkylation sites (N-methyl/N-ethyl adjacent to an activating group) is 1. The van der Waals surface area contributed by atoms with Gasteiger partial charge in [-0.3, -0.25) is 0 Å². The number of nitrogens with zero attached hydrogens (tertiary/aromatic N) is 2. The maximum absolute atomic E-state index is 3.60. The Morgan fingerprint density at radius 2 is 2.05 bits per heavy atom. The first-order valence-corrected chi connectivity index (χ1v) is 8.31. The van der Waals surface area contributed by atoms with E-state index in [1.807, 2.05) is 7.05 Å². The summed E-state index contributed by atoms with van der Waals surface area (Å²) >= 11 is 3.60. The lowest BCUT2D eigenvalue weighted by Gasteiger charge is -2.27. The Balaban J connectivity index is 2.06. The first-order valence-electron chi connectivity index (χ1n) is 7.52. The van der Waals surface area contributed by atoms with Crippen LogP contribution in [0.2, 0.25) is 0 Å². The molecule has 0 amide bonds. The van der Waals surface area contributed by atoms with Gasteiger partial charge in [-0.1, -0.05) is 22.0 Å². The first-order chi connectivity index (χ1) is 9.61. The van der Waals surface area contributed by atoms with Crippen molar-refractivity contribution >= 4 is 21.6 Å². The van der Waals surface area contributed by atoms with Crippen molar-refractivity contribution in [1.82, 2.24) is 10.2 Å². The molecule has 0 bridgehead atoms. The molecule has 1 fully saturated rings. The van der Waals surface area contributed by atoms with Crippen LogP contribution in [-0.2, 0) is 0 Å². The van der Waals surface area contributed by atoms with Gasteiger partial charge in [0, 0.05) is 36.3 Å². The Hall–Kier alpha value is -0.580. The Morgan fingerprint density at radius 3 is 2.70 bits per heavy atom. The highest BCUT2D eigenvalue weighted by atomic mass is 79.9. The second kappa shape index (κ2) is 7.43. The summed E-state index contributed by atoms with van der Waals surface area (Å²) in [5.41, 5.74) is 2.68. The molecule has 0 aromatic heterocycles. The molecule has 1 atom stereocenters. The van der Waals surface area contributed by atoms with Crippen LogP contribution in [-0.4, -0.2) is 45.2 Å². The molecular weight excluding hydrogens is 314 g/mol. The molecule has 4 heteroatoms. The van der Waals surface area contributed by atoms with E-state index in [0.29, 0.717) is 6.04 Å². The predicted molar refractivity (Wildman–Crippen MR) is 90.6 cm³/mol. The molecule has 1 aliphatic heterocycles. The van der Waals surface area contributed by atoms with Gasteiger partial charge < -0.3 is 15.1 Å². The molecule has 0 aliphatic carbocycles. The molecule has 2 rings (SSSR count). The minimum atomic E-state index is 0.368. The van der Waals surface area contributed by atoms with Gasteiger partial charge in [0.15, 0.2) is 0 Å². The SMILES string of the molecule is CNC(C)c1ccc(Br)cc1N(C)CCN1CCCC1. The molecule has 1 saturated heterocycles. The summed E-state index contributed by atoms with van der Waals surface area (Å²) in [4.78, 5) is 4.95. The largest absolute Gasteiger partial charge is 0.373 e. The average Bonchev–Trinajstić information content (AvgIpc) is 2.97. The molecule has 1 aromatic rings. The maximum atomic E-state index is 3.60. The van der Waals surface area contributed by atoms with E-state index < -0.39 is 0 Å². The number of halogens is 1. The van der Waals surface area contributed by atoms with Crippen LogP contribution in [0.3, 0.4) is 0 Å². The van der Waals surface area contributed by atoms with Crippen molar-refractivity contribution in [2.75, 3.05) is 45.2 Å². The highest BCUT2D eigenvalue weighted by molar-refractivity contribution is 9.10. The molecule has 1 heterocycles. The van der Waals surface area contributed by atoms with Crippen LogP contribution >= 0.6 is 15.9 Å². The Bertz CT molecular complexity index is 430. The second-order valence-corrected chi connectivity index (χ2v) is 6.60. The smallest absolute Gasteiger partial charge is 0.0423 e. The fourth-order valence-corrected chi connectivity index (χ4v) is 3.14. The third-order valence-corrected chi connectivity index (χ3v) is 4.75. The van der Waals surface area contributed by atoms with Gasteiger partial charge in [-0.2, -0.15) is 0 Å². The summed E-state index contributed by atoms with van der Waals surface area (Å²) in [5, 5.41) is 3.34. The fourth-order valence-electron chi connectivity index (χ4n) is 2.79. The summed E-state index contributed by atoms with van der Waals surface area (Å²) in [5.74, 6) is 0. The van der Waals surface area contributed by atoms with Crippen molar-refractivity contribution in [3.8, 4) is 0 Å². The van der Waals surface area contributed by atoms with Crippen LogP contribution in [0.1, 0.15) is 31.4 Å². The average molecular weight is 340 g/mol. The van der Waals surface area contributed by atoms with Gasteiger partial charge in [-0.05, 0) is 57.6 Å². The molecule has 1 unspecified atom stereocenters. The van der Waals surface area contributed by atoms with Crippen LogP contribution in [0, 0.1) is 0 Å². The number of likely N-dealkylation sites (tertiary alicyclic amines) is 1. The lowest BCUT2D eigenvalue weighted by atomic mass is 10.1. The summed E-state index contributed by atoms with van der Waals surface area (Å²) in [7, 11) is 4.21. The van der Waals surface area contributed by atoms with E-state index in [2.05, 4.69) is 63.2 Å². The highest BCUT2D eigenvalue weighted by Crippen LogP contribution is 2.29. The van der Waals surface area contributed by atoms with E-state index in [0.717, 1.165) is 17.6 Å². The zero-order valence-corrected chi connectivity index (χ0v) is 14.4. The van der Waals surface area contributed by atoms with Crippen molar-refractivity contribution in [3.63, 3.8) is 0 Å². The lowest BCUT2D eigenvalue weighted by Crippen LogP contribution is -2.32. The zero-order chi connectivity index (χ0) is 14.5. The van der Waals surface area contributed by atoms with Crippen LogP contribution in [0.4, 0.5) is 5.69 Å². The molecule has 1 N–H and O–H groups in total. The van der Waals surface area contributed by atoms with Crippen LogP contribution in [0.25, 0.3) is 0 Å². The van der Waals surface area contributed by atoms with Crippen molar-refractivity contribution in [2.45, 2.75) is 25.8 Å². The number of nitrogens with one attached hydrogen (secondary N) is 1. The van der Waals surface area contributed by atoms with Gasteiger partial charge >= 0.3 is 0 Å². The van der Waals surface area contributed by atoms with E-state index in [9.17, 15) is 0 Å². The van der Waals surface area contributed by atoms with E-state index in [1.54, 1.807) is 0 Å². The van der Waals surface area contributed by atoms with Gasteiger partial charge in [-0.25, -0.2) is 0 Å². The Labute approximate surface area is 131 Å². The molecule has 0 saturated carbocycles. The van der Waals surface area contributed by atoms with E-state index in [1.165, 1.54) is 37.2 Å². The predicted octanol–water partition coefficient (Wildman–Crippen LogP) is 3.26. The number of hydrogen-bond donors (Lipinski definition) is 1. The number of anilines is 1. The van der Waals surface area contributed by atoms with Crippen molar-refractivity contribution in [3.05, 3.63) is 28.2 Å². The zero-order valence-electron chi connectivity index (χ0n) is 12.8. The summed E-state index contributed by atoms with van der Waals surface area (Å²) in [6.07, 6.45) is 2.73. The second-order valence-electron chi connectivity index (χ2n) is 5.68. The molecule has 0 radical (unpaired) electrons. The van der Waals surface area contributed by atoms with E-state index in [-0.39, 0.29) is 0 Å². The normalized spacial score (nSPS) is 17.4. The molecular formula is C16H26BrN3. The fraction of sp³-hybridized carbons (Fsp3) is 0.625. The summed E-state index contributed by atoms with van der Waals surface area (Å²) < 4.78 is 1.15. The Morgan fingerprint density at radius 1 is 1.35 bits per heavy atom. The van der Waals surface area contributed by atoms with Crippen molar-refractivity contribution < 1.29 is 0 Å². The summed E-state index contributed by atoms with van der Waals surface area (Å²) in [6.45, 7) is 7.00. The molecule has 112 valence electrons.